The number of pyridine rings is 2. The molecule has 1 atom stereocenters. The van der Waals surface area contributed by atoms with Crippen LogP contribution in [0.1, 0.15) is 122 Å². The average molecular weight is 731 g/mol. The van der Waals surface area contributed by atoms with Crippen molar-refractivity contribution < 1.29 is 14.4 Å². The standard InChI is InChI=1S/C42H50N8O4/c1-26-35-24-44-42(47-39(35)50(33-5-3-4-6-33)41(54)38(26)27(2)51)45-36-13-7-28(23-43-36)25-48-19-17-32(18-20-48)49-21-15-30(16-22-49)29-8-10-31(11-9-29)34-12-14-37(52)46-40(34)53/h7-11,13,23-24,30,32-34H,3-6,12,14-22,25H2,1-2H3,(H,46,52,53)(H,43,44,45,47). The van der Waals surface area contributed by atoms with Crippen LogP contribution in [0.5, 0.6) is 0 Å². The van der Waals surface area contributed by atoms with E-state index in [-0.39, 0.29) is 40.7 Å². The van der Waals surface area contributed by atoms with Crippen LogP contribution in [0.25, 0.3) is 11.0 Å². The van der Waals surface area contributed by atoms with Crippen LogP contribution in [-0.4, -0.2) is 79.1 Å². The van der Waals surface area contributed by atoms with Gasteiger partial charge in [-0.25, -0.2) is 9.97 Å². The number of nitrogens with zero attached hydrogens (tertiary/aromatic N) is 6. The molecule has 8 rings (SSSR count). The van der Waals surface area contributed by atoms with Crippen LogP contribution >= 0.6 is 0 Å². The molecule has 1 saturated carbocycles. The highest BCUT2D eigenvalue weighted by molar-refractivity contribution is 6.01. The monoisotopic (exact) mass is 730 g/mol. The number of imide groups is 1. The summed E-state index contributed by atoms with van der Waals surface area (Å²) in [4.78, 5) is 69.1. The van der Waals surface area contributed by atoms with Crippen molar-refractivity contribution >= 4 is 40.4 Å². The first-order chi connectivity index (χ1) is 26.2. The van der Waals surface area contributed by atoms with E-state index in [1.54, 1.807) is 17.7 Å². The van der Waals surface area contributed by atoms with Gasteiger partial charge in [-0.15, -0.1) is 0 Å². The molecule has 282 valence electrons. The molecule has 4 aromatic rings. The van der Waals surface area contributed by atoms with Gasteiger partial charge in [-0.1, -0.05) is 43.2 Å². The van der Waals surface area contributed by atoms with Gasteiger partial charge in [0.2, 0.25) is 17.8 Å². The minimum absolute atomic E-state index is 0.0288. The quantitative estimate of drug-likeness (QED) is 0.157. The lowest BCUT2D eigenvalue weighted by molar-refractivity contribution is -0.134. The Morgan fingerprint density at radius 2 is 1.56 bits per heavy atom. The summed E-state index contributed by atoms with van der Waals surface area (Å²) in [5.41, 5.74) is 4.68. The molecule has 0 spiro atoms. The number of likely N-dealkylation sites (tertiary alicyclic amines) is 2. The molecule has 0 bridgehead atoms. The van der Waals surface area contributed by atoms with E-state index >= 15 is 0 Å². The average Bonchev–Trinajstić information content (AvgIpc) is 3.71. The van der Waals surface area contributed by atoms with Gasteiger partial charge in [-0.2, -0.15) is 4.98 Å². The number of amides is 2. The number of anilines is 2. The first-order valence-corrected chi connectivity index (χ1v) is 19.8. The molecule has 3 aliphatic heterocycles. The van der Waals surface area contributed by atoms with Crippen LogP contribution in [0.15, 0.2) is 53.6 Å². The molecule has 4 aliphatic rings. The molecule has 4 fully saturated rings. The zero-order valence-corrected chi connectivity index (χ0v) is 31.4. The van der Waals surface area contributed by atoms with E-state index in [1.165, 1.54) is 12.5 Å². The predicted octanol–water partition coefficient (Wildman–Crippen LogP) is 5.92. The molecule has 6 heterocycles. The van der Waals surface area contributed by atoms with Crippen LogP contribution in [0.3, 0.4) is 0 Å². The SMILES string of the molecule is CC(=O)c1c(C)c2cnc(Nc3ccc(CN4CCC(N5CCC(c6ccc(C7CCC(=O)NC7=O)cc6)CC5)CC4)cn3)nc2n(C2CCCC2)c1=O. The molecule has 0 radical (unpaired) electrons. The van der Waals surface area contributed by atoms with Gasteiger partial charge >= 0.3 is 0 Å². The van der Waals surface area contributed by atoms with Crippen molar-refractivity contribution in [3.63, 3.8) is 0 Å². The summed E-state index contributed by atoms with van der Waals surface area (Å²) in [6, 6.07) is 13.2. The van der Waals surface area contributed by atoms with Gasteiger partial charge in [0.25, 0.3) is 5.56 Å². The topological polar surface area (TPSA) is 142 Å². The number of carbonyl (C=O) groups excluding carboxylic acids is 3. The summed E-state index contributed by atoms with van der Waals surface area (Å²) in [5.74, 6) is 0.744. The van der Waals surface area contributed by atoms with Crippen molar-refractivity contribution in [3.05, 3.63) is 87.0 Å². The van der Waals surface area contributed by atoms with Crippen molar-refractivity contribution in [2.45, 2.75) is 109 Å². The van der Waals surface area contributed by atoms with Crippen molar-refractivity contribution in [2.24, 2.45) is 0 Å². The minimum Gasteiger partial charge on any atom is -0.309 e. The smallest absolute Gasteiger partial charge is 0.263 e. The number of hydrogen-bond acceptors (Lipinski definition) is 10. The third-order valence-electron chi connectivity index (χ3n) is 12.4. The fraction of sp³-hybridized carbons (Fsp3) is 0.500. The predicted molar refractivity (Wildman–Crippen MR) is 207 cm³/mol. The van der Waals surface area contributed by atoms with Gasteiger partial charge in [0, 0.05) is 42.8 Å². The zero-order chi connectivity index (χ0) is 37.3. The van der Waals surface area contributed by atoms with Gasteiger partial charge in [0.15, 0.2) is 5.78 Å². The molecule has 3 saturated heterocycles. The largest absolute Gasteiger partial charge is 0.309 e. The van der Waals surface area contributed by atoms with Gasteiger partial charge in [-0.05, 0) is 119 Å². The van der Waals surface area contributed by atoms with Crippen LogP contribution in [0.2, 0.25) is 0 Å². The Morgan fingerprint density at radius 3 is 2.22 bits per heavy atom. The molecule has 3 aromatic heterocycles. The summed E-state index contributed by atoms with van der Waals surface area (Å²) in [7, 11) is 0. The highest BCUT2D eigenvalue weighted by Crippen LogP contribution is 2.34. The van der Waals surface area contributed by atoms with E-state index in [0.717, 1.165) is 101 Å². The number of nitrogens with one attached hydrogen (secondary N) is 2. The lowest BCUT2D eigenvalue weighted by Gasteiger charge is -2.42. The zero-order valence-electron chi connectivity index (χ0n) is 31.4. The van der Waals surface area contributed by atoms with Crippen molar-refractivity contribution in [1.82, 2.24) is 34.6 Å². The van der Waals surface area contributed by atoms with Crippen molar-refractivity contribution in [3.8, 4) is 0 Å². The number of benzene rings is 1. The van der Waals surface area contributed by atoms with E-state index < -0.39 is 0 Å². The fourth-order valence-electron chi connectivity index (χ4n) is 9.33. The molecule has 1 aromatic carbocycles. The lowest BCUT2D eigenvalue weighted by atomic mass is 9.85. The molecule has 54 heavy (non-hydrogen) atoms. The molecular weight excluding hydrogens is 681 g/mol. The maximum Gasteiger partial charge on any atom is 0.263 e. The van der Waals surface area contributed by atoms with Gasteiger partial charge < -0.3 is 10.2 Å². The first-order valence-electron chi connectivity index (χ1n) is 19.8. The number of aromatic nitrogens is 4. The van der Waals surface area contributed by atoms with Gasteiger partial charge in [-0.3, -0.25) is 34.0 Å². The molecular formula is C42H50N8O4. The summed E-state index contributed by atoms with van der Waals surface area (Å²) >= 11 is 0. The number of rotatable bonds is 9. The van der Waals surface area contributed by atoms with Crippen LogP contribution in [-0.2, 0) is 16.1 Å². The van der Waals surface area contributed by atoms with E-state index in [1.807, 2.05) is 12.3 Å². The maximum absolute atomic E-state index is 13.6. The van der Waals surface area contributed by atoms with Crippen LogP contribution < -0.4 is 16.2 Å². The summed E-state index contributed by atoms with van der Waals surface area (Å²) in [6.07, 6.45) is 13.1. The molecule has 2 amide bonds. The molecule has 1 aliphatic carbocycles. The molecule has 1 unspecified atom stereocenters. The highest BCUT2D eigenvalue weighted by atomic mass is 16.2. The van der Waals surface area contributed by atoms with Gasteiger partial charge in [0.05, 0.1) is 11.5 Å². The van der Waals surface area contributed by atoms with Crippen molar-refractivity contribution in [1.29, 1.82) is 0 Å². The van der Waals surface area contributed by atoms with Crippen molar-refractivity contribution in [2.75, 3.05) is 31.5 Å². The Bertz CT molecular complexity index is 2090. The number of piperidine rings is 3. The fourth-order valence-corrected chi connectivity index (χ4v) is 9.33. The Balaban J connectivity index is 0.830. The summed E-state index contributed by atoms with van der Waals surface area (Å²) < 4.78 is 1.73. The number of ketones is 1. The highest BCUT2D eigenvalue weighted by Gasteiger charge is 2.31. The normalized spacial score (nSPS) is 21.1. The molecule has 12 nitrogen and oxygen atoms in total. The molecule has 12 heteroatoms. The van der Waals surface area contributed by atoms with E-state index in [9.17, 15) is 19.2 Å². The maximum atomic E-state index is 13.6. The number of aryl methyl sites for hydroxylation is 1. The Labute approximate surface area is 315 Å². The first kappa shape index (κ1) is 36.2. The van der Waals surface area contributed by atoms with E-state index in [4.69, 9.17) is 4.98 Å². The second-order valence-electron chi connectivity index (χ2n) is 15.8. The Kier molecular flexibility index (Phi) is 10.4. The second-order valence-corrected chi connectivity index (χ2v) is 15.8. The minimum atomic E-state index is -0.257. The number of carbonyl (C=O) groups is 3. The summed E-state index contributed by atoms with van der Waals surface area (Å²) in [5, 5.41) is 6.44. The Hall–Kier alpha value is -4.81. The number of Topliss-reactive ketones (excluding diaryl/α,β-unsaturated/α-hetero) is 1. The van der Waals surface area contributed by atoms with Gasteiger partial charge in [0.1, 0.15) is 11.5 Å². The number of fused-ring (bicyclic) bond motifs is 1. The third kappa shape index (κ3) is 7.46. The number of hydrogen-bond donors (Lipinski definition) is 2. The van der Waals surface area contributed by atoms with Crippen LogP contribution in [0, 0.1) is 6.92 Å². The van der Waals surface area contributed by atoms with E-state index in [2.05, 4.69) is 60.7 Å². The third-order valence-corrected chi connectivity index (χ3v) is 12.4. The van der Waals surface area contributed by atoms with Crippen LogP contribution in [0.4, 0.5) is 11.8 Å². The van der Waals surface area contributed by atoms with E-state index in [0.29, 0.717) is 47.8 Å². The lowest BCUT2D eigenvalue weighted by Crippen LogP contribution is -2.47. The Morgan fingerprint density at radius 1 is 0.833 bits per heavy atom. The summed E-state index contributed by atoms with van der Waals surface area (Å²) in [6.45, 7) is 8.45. The second kappa shape index (κ2) is 15.5. The molecule has 2 N–H and O–H groups in total.